The molecule has 0 unspecified atom stereocenters. The van der Waals surface area contributed by atoms with Crippen LogP contribution in [0.2, 0.25) is 0 Å². The maximum absolute atomic E-state index is 12.0. The average molecular weight is 317 g/mol. The van der Waals surface area contributed by atoms with Crippen molar-refractivity contribution in [3.05, 3.63) is 41.2 Å². The lowest BCUT2D eigenvalue weighted by Gasteiger charge is -2.13. The van der Waals surface area contributed by atoms with Gasteiger partial charge in [-0.15, -0.1) is 0 Å². The van der Waals surface area contributed by atoms with Gasteiger partial charge in [0.2, 0.25) is 0 Å². The van der Waals surface area contributed by atoms with Crippen LogP contribution in [0, 0.1) is 13.8 Å². The first-order chi connectivity index (χ1) is 11.0. The van der Waals surface area contributed by atoms with Crippen molar-refractivity contribution in [2.45, 2.75) is 13.8 Å². The third-order valence-electron chi connectivity index (χ3n) is 3.22. The van der Waals surface area contributed by atoms with Gasteiger partial charge < -0.3 is 14.3 Å². The first-order valence-corrected chi connectivity index (χ1v) is 6.95. The fourth-order valence-corrected chi connectivity index (χ4v) is 2.20. The predicted octanol–water partition coefficient (Wildman–Crippen LogP) is 2.35. The van der Waals surface area contributed by atoms with Gasteiger partial charge in [0, 0.05) is 7.05 Å². The third kappa shape index (κ3) is 3.50. The fourth-order valence-electron chi connectivity index (χ4n) is 2.20. The van der Waals surface area contributed by atoms with Gasteiger partial charge in [0.1, 0.15) is 18.6 Å². The summed E-state index contributed by atoms with van der Waals surface area (Å²) in [6, 6.07) is 5.44. The summed E-state index contributed by atoms with van der Waals surface area (Å²) >= 11 is 0. The molecule has 0 saturated heterocycles. The minimum atomic E-state index is -0.603. The highest BCUT2D eigenvalue weighted by atomic mass is 16.6. The van der Waals surface area contributed by atoms with Crippen LogP contribution in [-0.2, 0) is 21.4 Å². The van der Waals surface area contributed by atoms with Crippen LogP contribution in [0.1, 0.15) is 16.8 Å². The van der Waals surface area contributed by atoms with E-state index in [0.29, 0.717) is 17.1 Å². The van der Waals surface area contributed by atoms with Crippen LogP contribution in [0.25, 0.3) is 0 Å². The number of methoxy groups -OCH3 is 1. The van der Waals surface area contributed by atoms with Crippen LogP contribution in [0.3, 0.4) is 0 Å². The third-order valence-corrected chi connectivity index (χ3v) is 3.22. The highest BCUT2D eigenvalue weighted by Gasteiger charge is 2.23. The van der Waals surface area contributed by atoms with E-state index < -0.39 is 5.97 Å². The summed E-state index contributed by atoms with van der Waals surface area (Å²) in [5, 5.41) is 8.03. The first kappa shape index (κ1) is 16.5. The molecule has 0 aliphatic carbocycles. The monoisotopic (exact) mass is 317 g/mol. The number of aromatic nitrogens is 2. The summed E-state index contributed by atoms with van der Waals surface area (Å²) in [6.45, 7) is 3.70. The number of nitrogens with zero attached hydrogens (tertiary/aromatic N) is 3. The summed E-state index contributed by atoms with van der Waals surface area (Å²) in [6.07, 6.45) is 1.76. The Balaban J connectivity index is 2.53. The first-order valence-electron chi connectivity index (χ1n) is 6.95. The van der Waals surface area contributed by atoms with E-state index in [9.17, 15) is 4.79 Å². The molecule has 1 aromatic heterocycles. The Morgan fingerprint density at radius 2 is 1.96 bits per heavy atom. The maximum Gasteiger partial charge on any atom is 0.360 e. The number of oxime groups is 1. The van der Waals surface area contributed by atoms with Gasteiger partial charge in [0.15, 0.2) is 11.5 Å². The average Bonchev–Trinajstić information content (AvgIpc) is 2.83. The van der Waals surface area contributed by atoms with Crippen LogP contribution in [0.4, 0.5) is 0 Å². The van der Waals surface area contributed by atoms with Crippen molar-refractivity contribution < 1.29 is 19.1 Å². The molecule has 1 heterocycles. The molecule has 0 amide bonds. The Bertz CT molecular complexity index is 750. The Morgan fingerprint density at radius 1 is 1.22 bits per heavy atom. The molecule has 122 valence electrons. The van der Waals surface area contributed by atoms with Crippen LogP contribution in [0.5, 0.6) is 11.5 Å². The Morgan fingerprint density at radius 3 is 2.52 bits per heavy atom. The van der Waals surface area contributed by atoms with Gasteiger partial charge in [-0.25, -0.2) is 4.79 Å². The molecule has 2 aromatic rings. The highest BCUT2D eigenvalue weighted by Crippen LogP contribution is 2.30. The summed E-state index contributed by atoms with van der Waals surface area (Å²) in [5.41, 5.74) is 2.11. The van der Waals surface area contributed by atoms with Gasteiger partial charge in [-0.2, -0.15) is 5.10 Å². The molecule has 0 N–H and O–H groups in total. The summed E-state index contributed by atoms with van der Waals surface area (Å²) in [7, 11) is 4.47. The van der Waals surface area contributed by atoms with Crippen LogP contribution >= 0.6 is 0 Å². The van der Waals surface area contributed by atoms with Crippen molar-refractivity contribution >= 4 is 11.7 Å². The highest BCUT2D eigenvalue weighted by molar-refractivity contribution is 6.44. The molecular weight excluding hydrogens is 298 g/mol. The standard InChI is InChI=1S/C16H19N3O4/c1-10-7-6-8-12(23-13-9-19(3)17-11(13)2)14(10)15(18-22-5)16(20)21-4/h6-9H,1-5H3/b18-15+. The van der Waals surface area contributed by atoms with Crippen molar-refractivity contribution in [2.24, 2.45) is 12.2 Å². The second-order valence-corrected chi connectivity index (χ2v) is 4.92. The number of carbonyl (C=O) groups excluding carboxylic acids is 1. The van der Waals surface area contributed by atoms with Crippen LogP contribution < -0.4 is 4.74 Å². The summed E-state index contributed by atoms with van der Waals surface area (Å²) in [4.78, 5) is 16.8. The number of ether oxygens (including phenoxy) is 2. The molecule has 0 saturated carbocycles. The Labute approximate surface area is 134 Å². The molecule has 7 heteroatoms. The molecule has 0 spiro atoms. The number of esters is 1. The van der Waals surface area contributed by atoms with E-state index in [2.05, 4.69) is 10.3 Å². The summed E-state index contributed by atoms with van der Waals surface area (Å²) in [5.74, 6) is 0.470. The van der Waals surface area contributed by atoms with Gasteiger partial charge >= 0.3 is 5.97 Å². The zero-order valence-electron chi connectivity index (χ0n) is 13.8. The smallest absolute Gasteiger partial charge is 0.360 e. The van der Waals surface area contributed by atoms with Crippen molar-refractivity contribution in [1.29, 1.82) is 0 Å². The SMILES string of the molecule is CO/N=C(/C(=O)OC)c1c(C)cccc1Oc1cn(C)nc1C. The van der Waals surface area contributed by atoms with Crippen molar-refractivity contribution in [3.8, 4) is 11.5 Å². The van der Waals surface area contributed by atoms with Gasteiger partial charge in [0.05, 0.1) is 18.9 Å². The predicted molar refractivity (Wildman–Crippen MR) is 84.8 cm³/mol. The normalized spacial score (nSPS) is 11.3. The van der Waals surface area contributed by atoms with E-state index in [-0.39, 0.29) is 5.71 Å². The van der Waals surface area contributed by atoms with Gasteiger partial charge in [0.25, 0.3) is 0 Å². The van der Waals surface area contributed by atoms with E-state index in [1.807, 2.05) is 33.0 Å². The molecular formula is C16H19N3O4. The molecule has 7 nitrogen and oxygen atoms in total. The van der Waals surface area contributed by atoms with E-state index in [4.69, 9.17) is 14.3 Å². The van der Waals surface area contributed by atoms with E-state index in [1.165, 1.54) is 14.2 Å². The van der Waals surface area contributed by atoms with E-state index >= 15 is 0 Å². The topological polar surface area (TPSA) is 74.9 Å². The van der Waals surface area contributed by atoms with Crippen molar-refractivity contribution in [1.82, 2.24) is 9.78 Å². The number of hydrogen-bond acceptors (Lipinski definition) is 6. The van der Waals surface area contributed by atoms with Gasteiger partial charge in [-0.3, -0.25) is 4.68 Å². The Kier molecular flexibility index (Phi) is 5.00. The molecule has 0 aliphatic rings. The van der Waals surface area contributed by atoms with Crippen LogP contribution in [0.15, 0.2) is 29.6 Å². The number of aryl methyl sites for hydroxylation is 3. The quantitative estimate of drug-likeness (QED) is 0.481. The molecule has 0 fully saturated rings. The molecule has 2 rings (SSSR count). The molecule has 0 aliphatic heterocycles. The Hall–Kier alpha value is -2.83. The lowest BCUT2D eigenvalue weighted by molar-refractivity contribution is -0.132. The minimum absolute atomic E-state index is 0.0460. The van der Waals surface area contributed by atoms with Crippen LogP contribution in [-0.4, -0.2) is 35.7 Å². The number of rotatable bonds is 5. The number of benzene rings is 1. The number of hydrogen-bond donors (Lipinski definition) is 0. The summed E-state index contributed by atoms with van der Waals surface area (Å²) < 4.78 is 12.4. The lowest BCUT2D eigenvalue weighted by Crippen LogP contribution is -2.19. The zero-order valence-corrected chi connectivity index (χ0v) is 13.8. The second-order valence-electron chi connectivity index (χ2n) is 4.92. The van der Waals surface area contributed by atoms with Gasteiger partial charge in [-0.05, 0) is 25.5 Å². The van der Waals surface area contributed by atoms with Crippen molar-refractivity contribution in [2.75, 3.05) is 14.2 Å². The molecule has 1 aromatic carbocycles. The molecule has 0 atom stereocenters. The second kappa shape index (κ2) is 6.95. The lowest BCUT2D eigenvalue weighted by atomic mass is 10.0. The van der Waals surface area contributed by atoms with E-state index in [0.717, 1.165) is 11.3 Å². The van der Waals surface area contributed by atoms with Gasteiger partial charge in [-0.1, -0.05) is 17.3 Å². The fraction of sp³-hybridized carbons (Fsp3) is 0.312. The zero-order chi connectivity index (χ0) is 17.0. The molecule has 0 bridgehead atoms. The maximum atomic E-state index is 12.0. The molecule has 0 radical (unpaired) electrons. The minimum Gasteiger partial charge on any atom is -0.464 e. The van der Waals surface area contributed by atoms with E-state index in [1.54, 1.807) is 16.9 Å². The molecule has 23 heavy (non-hydrogen) atoms. The van der Waals surface area contributed by atoms with Crippen molar-refractivity contribution in [3.63, 3.8) is 0 Å². The largest absolute Gasteiger partial charge is 0.464 e. The number of carbonyl (C=O) groups is 1.